The molecule has 0 saturated carbocycles. The second-order valence-corrected chi connectivity index (χ2v) is 6.83. The van der Waals surface area contributed by atoms with Crippen LogP contribution >= 0.6 is 11.6 Å². The van der Waals surface area contributed by atoms with Gasteiger partial charge in [-0.05, 0) is 29.8 Å². The molecule has 0 aliphatic carbocycles. The van der Waals surface area contributed by atoms with Gasteiger partial charge in [0.1, 0.15) is 22.9 Å². The number of ether oxygens (including phenoxy) is 1. The highest BCUT2D eigenvalue weighted by Gasteiger charge is 2.39. The number of likely N-dealkylation sites (tertiary alicyclic amines) is 1. The molecule has 0 spiro atoms. The number of pyridine rings is 1. The van der Waals surface area contributed by atoms with E-state index in [-0.39, 0.29) is 24.0 Å². The minimum Gasteiger partial charge on any atom is -0.482 e. The van der Waals surface area contributed by atoms with Gasteiger partial charge in [0.05, 0.1) is 19.1 Å². The lowest BCUT2D eigenvalue weighted by Gasteiger charge is -2.40. The van der Waals surface area contributed by atoms with Crippen LogP contribution < -0.4 is 4.74 Å². The second-order valence-electron chi connectivity index (χ2n) is 6.45. The number of rotatable bonds is 3. The smallest absolute Gasteiger partial charge is 0.341 e. The van der Waals surface area contributed by atoms with Crippen LogP contribution in [0.5, 0.6) is 5.75 Å². The Kier molecular flexibility index (Phi) is 4.84. The standard InChI is InChI=1S/C18H14ClF3N4O2/c19-16-2-1-15(17(22)24-16)28-13-8-25(9-13)18(27)26-14(3-4-23-26)10-5-11(20)7-12(21)6-10/h1-2,4-7,13-14H,3,8-9H2. The Hall–Kier alpha value is -2.81. The fourth-order valence-electron chi connectivity index (χ4n) is 3.12. The van der Waals surface area contributed by atoms with Crippen molar-refractivity contribution in [3.63, 3.8) is 0 Å². The van der Waals surface area contributed by atoms with Gasteiger partial charge < -0.3 is 9.64 Å². The first-order valence-corrected chi connectivity index (χ1v) is 8.84. The van der Waals surface area contributed by atoms with Crippen molar-refractivity contribution in [1.82, 2.24) is 14.9 Å². The molecule has 2 aromatic rings. The molecule has 3 heterocycles. The van der Waals surface area contributed by atoms with E-state index in [4.69, 9.17) is 16.3 Å². The molecular weight excluding hydrogens is 397 g/mol. The van der Waals surface area contributed by atoms with Gasteiger partial charge in [0.15, 0.2) is 5.75 Å². The fourth-order valence-corrected chi connectivity index (χ4v) is 3.26. The Balaban J connectivity index is 1.39. The van der Waals surface area contributed by atoms with E-state index in [2.05, 4.69) is 10.1 Å². The number of benzene rings is 1. The minimum atomic E-state index is -0.824. The summed E-state index contributed by atoms with van der Waals surface area (Å²) in [5.74, 6) is -2.31. The van der Waals surface area contributed by atoms with Crippen molar-refractivity contribution in [3.05, 3.63) is 58.6 Å². The van der Waals surface area contributed by atoms with Crippen molar-refractivity contribution >= 4 is 23.8 Å². The first kappa shape index (κ1) is 18.5. The molecule has 1 unspecified atom stereocenters. The van der Waals surface area contributed by atoms with Crippen LogP contribution in [0.25, 0.3) is 0 Å². The van der Waals surface area contributed by atoms with Crippen molar-refractivity contribution in [2.24, 2.45) is 5.10 Å². The van der Waals surface area contributed by atoms with Gasteiger partial charge in [-0.3, -0.25) is 0 Å². The predicted octanol–water partition coefficient (Wildman–Crippen LogP) is 3.77. The van der Waals surface area contributed by atoms with Crippen LogP contribution in [-0.2, 0) is 0 Å². The molecular formula is C18H14ClF3N4O2. The summed E-state index contributed by atoms with van der Waals surface area (Å²) in [5.41, 5.74) is 0.325. The van der Waals surface area contributed by atoms with Gasteiger partial charge in [-0.1, -0.05) is 11.6 Å². The summed E-state index contributed by atoms with van der Waals surface area (Å²) in [6.07, 6.45) is 1.47. The Morgan fingerprint density at radius 2 is 1.86 bits per heavy atom. The maximum Gasteiger partial charge on any atom is 0.341 e. The first-order valence-electron chi connectivity index (χ1n) is 8.46. The monoisotopic (exact) mass is 410 g/mol. The van der Waals surface area contributed by atoms with E-state index < -0.39 is 35.8 Å². The summed E-state index contributed by atoms with van der Waals surface area (Å²) in [7, 11) is 0. The Bertz CT molecular complexity index is 932. The van der Waals surface area contributed by atoms with Gasteiger partial charge in [-0.25, -0.2) is 23.6 Å². The molecule has 146 valence electrons. The van der Waals surface area contributed by atoms with Crippen molar-refractivity contribution < 1.29 is 22.7 Å². The number of hydrazone groups is 1. The Labute approximate surface area is 163 Å². The van der Waals surface area contributed by atoms with Gasteiger partial charge in [0.2, 0.25) is 0 Å². The SMILES string of the molecule is O=C(N1CC(Oc2ccc(Cl)nc2F)C1)N1N=CCC1c1cc(F)cc(F)c1. The normalized spacial score (nSPS) is 19.1. The number of hydrogen-bond acceptors (Lipinski definition) is 4. The van der Waals surface area contributed by atoms with E-state index in [9.17, 15) is 18.0 Å². The molecule has 0 N–H and O–H groups in total. The van der Waals surface area contributed by atoms with Gasteiger partial charge in [0, 0.05) is 18.7 Å². The van der Waals surface area contributed by atoms with Crippen molar-refractivity contribution in [3.8, 4) is 5.75 Å². The van der Waals surface area contributed by atoms with E-state index in [0.717, 1.165) is 6.07 Å². The highest BCUT2D eigenvalue weighted by atomic mass is 35.5. The Morgan fingerprint density at radius 3 is 2.54 bits per heavy atom. The molecule has 6 nitrogen and oxygen atoms in total. The number of nitrogens with zero attached hydrogens (tertiary/aromatic N) is 4. The molecule has 0 radical (unpaired) electrons. The topological polar surface area (TPSA) is 58.0 Å². The minimum absolute atomic E-state index is 0.0157. The quantitative estimate of drug-likeness (QED) is 0.724. The number of aromatic nitrogens is 1. The molecule has 10 heteroatoms. The summed E-state index contributed by atoms with van der Waals surface area (Å²) in [6.45, 7) is 0.439. The van der Waals surface area contributed by atoms with Gasteiger partial charge >= 0.3 is 6.03 Å². The number of urea groups is 1. The molecule has 1 atom stereocenters. The lowest BCUT2D eigenvalue weighted by Crippen LogP contribution is -2.58. The number of carbonyl (C=O) groups is 1. The third-order valence-corrected chi connectivity index (χ3v) is 4.70. The Morgan fingerprint density at radius 1 is 1.14 bits per heavy atom. The molecule has 28 heavy (non-hydrogen) atoms. The fraction of sp³-hybridized carbons (Fsp3) is 0.278. The average Bonchev–Trinajstić information content (AvgIpc) is 3.07. The summed E-state index contributed by atoms with van der Waals surface area (Å²) < 4.78 is 46.2. The second kappa shape index (κ2) is 7.31. The van der Waals surface area contributed by atoms with Crippen molar-refractivity contribution in [1.29, 1.82) is 0 Å². The van der Waals surface area contributed by atoms with Crippen molar-refractivity contribution in [2.75, 3.05) is 13.1 Å². The van der Waals surface area contributed by atoms with E-state index in [1.165, 1.54) is 40.4 Å². The molecule has 1 fully saturated rings. The van der Waals surface area contributed by atoms with Gasteiger partial charge in [-0.15, -0.1) is 0 Å². The number of carbonyl (C=O) groups excluding carboxylic acids is 1. The predicted molar refractivity (Wildman–Crippen MR) is 94.6 cm³/mol. The van der Waals surface area contributed by atoms with Crippen LogP contribution in [0.3, 0.4) is 0 Å². The highest BCUT2D eigenvalue weighted by Crippen LogP contribution is 2.31. The van der Waals surface area contributed by atoms with Crippen LogP contribution in [0.15, 0.2) is 35.4 Å². The lowest BCUT2D eigenvalue weighted by atomic mass is 10.0. The lowest BCUT2D eigenvalue weighted by molar-refractivity contribution is 0.0252. The summed E-state index contributed by atoms with van der Waals surface area (Å²) in [5, 5.41) is 5.24. The molecule has 2 aliphatic heterocycles. The molecule has 2 aliphatic rings. The molecule has 1 saturated heterocycles. The third-order valence-electron chi connectivity index (χ3n) is 4.49. The molecule has 1 aromatic carbocycles. The van der Waals surface area contributed by atoms with Crippen LogP contribution in [0.2, 0.25) is 5.15 Å². The molecule has 0 bridgehead atoms. The molecule has 4 rings (SSSR count). The van der Waals surface area contributed by atoms with Crippen molar-refractivity contribution in [2.45, 2.75) is 18.6 Å². The highest BCUT2D eigenvalue weighted by molar-refractivity contribution is 6.29. The molecule has 2 amide bonds. The zero-order valence-corrected chi connectivity index (χ0v) is 15.1. The zero-order valence-electron chi connectivity index (χ0n) is 14.4. The van der Waals surface area contributed by atoms with E-state index in [0.29, 0.717) is 12.0 Å². The zero-order chi connectivity index (χ0) is 19.8. The van der Waals surface area contributed by atoms with E-state index in [1.807, 2.05) is 0 Å². The van der Waals surface area contributed by atoms with Gasteiger partial charge in [0.25, 0.3) is 5.95 Å². The summed E-state index contributed by atoms with van der Waals surface area (Å²) in [4.78, 5) is 17.6. The number of halogens is 4. The first-order chi connectivity index (χ1) is 13.4. The van der Waals surface area contributed by atoms with Crippen LogP contribution in [-0.4, -0.2) is 46.3 Å². The average molecular weight is 411 g/mol. The third kappa shape index (κ3) is 3.62. The largest absolute Gasteiger partial charge is 0.482 e. The summed E-state index contributed by atoms with van der Waals surface area (Å²) >= 11 is 5.60. The van der Waals surface area contributed by atoms with Gasteiger partial charge in [-0.2, -0.15) is 9.49 Å². The maximum atomic E-state index is 13.7. The van der Waals surface area contributed by atoms with Crippen LogP contribution in [0.1, 0.15) is 18.0 Å². The summed E-state index contributed by atoms with van der Waals surface area (Å²) in [6, 6.07) is 4.90. The van der Waals surface area contributed by atoms with Crippen LogP contribution in [0.4, 0.5) is 18.0 Å². The number of hydrogen-bond donors (Lipinski definition) is 0. The van der Waals surface area contributed by atoms with Crippen LogP contribution in [0, 0.1) is 17.6 Å². The number of amides is 2. The van der Waals surface area contributed by atoms with E-state index in [1.54, 1.807) is 0 Å². The van der Waals surface area contributed by atoms with E-state index >= 15 is 0 Å². The maximum absolute atomic E-state index is 13.7. The molecule has 1 aromatic heterocycles.